The van der Waals surface area contributed by atoms with Crippen molar-refractivity contribution in [1.82, 2.24) is 20.9 Å². The average Bonchev–Trinajstić information content (AvgIpc) is 2.76. The molecular weight excluding hydrogens is 462 g/mol. The maximum atomic E-state index is 13.1. The van der Waals surface area contributed by atoms with E-state index in [9.17, 15) is 14.4 Å². The van der Waals surface area contributed by atoms with Gasteiger partial charge < -0.3 is 31.2 Å². The maximum absolute atomic E-state index is 13.1. The van der Waals surface area contributed by atoms with Gasteiger partial charge in [0.05, 0.1) is 13.7 Å². The third kappa shape index (κ3) is 8.90. The Morgan fingerprint density at radius 1 is 1.08 bits per heavy atom. The van der Waals surface area contributed by atoms with Crippen molar-refractivity contribution in [3.8, 4) is 11.6 Å². The summed E-state index contributed by atoms with van der Waals surface area (Å²) in [6.45, 7) is 11.3. The number of carbonyl (C=O) groups is 3. The molecule has 1 aromatic carbocycles. The van der Waals surface area contributed by atoms with Gasteiger partial charge in [0, 0.05) is 23.5 Å². The van der Waals surface area contributed by atoms with E-state index in [0.29, 0.717) is 11.6 Å². The fraction of sp³-hybridized carbons (Fsp3) is 0.538. The summed E-state index contributed by atoms with van der Waals surface area (Å²) in [5, 5.41) is 10.1. The number of aromatic nitrogens is 1. The van der Waals surface area contributed by atoms with Gasteiger partial charge >= 0.3 is 6.03 Å². The third-order valence-corrected chi connectivity index (χ3v) is 5.32. The summed E-state index contributed by atoms with van der Waals surface area (Å²) in [5.74, 6) is 0.232. The molecule has 1 aromatic heterocycles. The summed E-state index contributed by atoms with van der Waals surface area (Å²) in [4.78, 5) is 41.4. The highest BCUT2D eigenvalue weighted by molar-refractivity contribution is 5.88. The highest BCUT2D eigenvalue weighted by Crippen LogP contribution is 2.28. The number of methoxy groups -OCH3 is 1. The molecule has 10 heteroatoms. The normalized spacial score (nSPS) is 13.4. The number of urea groups is 1. The lowest BCUT2D eigenvalue weighted by Gasteiger charge is -2.32. The standard InChI is InChI=1S/C26H39N5O5/c1-25(2,3)21(30-24(34)31-26(4,5)6)22(33)29-15-18(9-11-20(27)32)36-23-19-10-8-17(35-7)14-16(19)12-13-28-23/h8,10,12-14,18,21H,9,11,15H2,1-7H3,(H2,27,32)(H,29,33)(H2,30,31,34)/t18-,21-/m1/s1. The Labute approximate surface area is 212 Å². The summed E-state index contributed by atoms with van der Waals surface area (Å²) >= 11 is 0. The zero-order valence-corrected chi connectivity index (χ0v) is 22.2. The first-order chi connectivity index (χ1) is 16.7. The van der Waals surface area contributed by atoms with E-state index in [4.69, 9.17) is 15.2 Å². The van der Waals surface area contributed by atoms with Gasteiger partial charge in [0.15, 0.2) is 0 Å². The van der Waals surface area contributed by atoms with E-state index in [1.165, 1.54) is 0 Å². The number of pyridine rings is 1. The molecule has 0 unspecified atom stereocenters. The van der Waals surface area contributed by atoms with Gasteiger partial charge in [0.1, 0.15) is 17.9 Å². The number of amides is 4. The van der Waals surface area contributed by atoms with Crippen LogP contribution in [0, 0.1) is 5.41 Å². The van der Waals surface area contributed by atoms with Gasteiger partial charge in [-0.2, -0.15) is 0 Å². The van der Waals surface area contributed by atoms with Crippen LogP contribution in [0.3, 0.4) is 0 Å². The molecule has 0 radical (unpaired) electrons. The minimum absolute atomic E-state index is 0.0774. The molecule has 0 spiro atoms. The second-order valence-electron chi connectivity index (χ2n) is 10.8. The molecule has 4 amide bonds. The zero-order chi connectivity index (χ0) is 27.1. The molecule has 2 atom stereocenters. The Kier molecular flexibility index (Phi) is 9.49. The molecule has 0 bridgehead atoms. The second-order valence-corrected chi connectivity index (χ2v) is 10.8. The number of rotatable bonds is 10. The Balaban J connectivity index is 2.18. The zero-order valence-electron chi connectivity index (χ0n) is 22.2. The number of ether oxygens (including phenoxy) is 2. The first-order valence-electron chi connectivity index (χ1n) is 11.9. The molecule has 36 heavy (non-hydrogen) atoms. The van der Waals surface area contributed by atoms with Crippen LogP contribution in [-0.4, -0.2) is 54.2 Å². The van der Waals surface area contributed by atoms with Crippen molar-refractivity contribution < 1.29 is 23.9 Å². The van der Waals surface area contributed by atoms with Crippen LogP contribution in [0.5, 0.6) is 11.6 Å². The summed E-state index contributed by atoms with van der Waals surface area (Å²) in [6.07, 6.45) is 1.40. The van der Waals surface area contributed by atoms with E-state index in [0.717, 1.165) is 10.8 Å². The van der Waals surface area contributed by atoms with Gasteiger partial charge in [0.2, 0.25) is 17.7 Å². The SMILES string of the molecule is COc1ccc2c(O[C@H](CCC(N)=O)CNC(=O)[C@@H](NC(=O)NC(C)(C)C)C(C)(C)C)nccc2c1. The average molecular weight is 502 g/mol. The molecule has 0 aliphatic carbocycles. The lowest BCUT2D eigenvalue weighted by atomic mass is 9.86. The first-order valence-corrected chi connectivity index (χ1v) is 11.9. The Morgan fingerprint density at radius 3 is 2.36 bits per heavy atom. The van der Waals surface area contributed by atoms with Crippen molar-refractivity contribution in [2.24, 2.45) is 11.1 Å². The molecule has 2 aromatic rings. The van der Waals surface area contributed by atoms with Gasteiger partial charge in [-0.1, -0.05) is 20.8 Å². The Hall–Kier alpha value is -3.56. The van der Waals surface area contributed by atoms with E-state index < -0.39 is 35.0 Å². The Bertz CT molecular complexity index is 1070. The van der Waals surface area contributed by atoms with Crippen molar-refractivity contribution in [1.29, 1.82) is 0 Å². The topological polar surface area (TPSA) is 145 Å². The van der Waals surface area contributed by atoms with Crippen molar-refractivity contribution in [2.45, 2.75) is 72.1 Å². The summed E-state index contributed by atoms with van der Waals surface area (Å²) in [5.41, 5.74) is 4.35. The molecule has 1 heterocycles. The minimum atomic E-state index is -0.806. The van der Waals surface area contributed by atoms with Gasteiger partial charge in [-0.15, -0.1) is 0 Å². The number of hydrogen-bond donors (Lipinski definition) is 4. The van der Waals surface area contributed by atoms with Crippen LogP contribution in [0.15, 0.2) is 30.5 Å². The van der Waals surface area contributed by atoms with Crippen molar-refractivity contribution in [2.75, 3.05) is 13.7 Å². The van der Waals surface area contributed by atoms with Crippen LogP contribution < -0.4 is 31.2 Å². The molecule has 5 N–H and O–H groups in total. The molecule has 0 saturated carbocycles. The van der Waals surface area contributed by atoms with E-state index >= 15 is 0 Å². The lowest BCUT2D eigenvalue weighted by molar-refractivity contribution is -0.125. The number of fused-ring (bicyclic) bond motifs is 1. The quantitative estimate of drug-likeness (QED) is 0.394. The smallest absolute Gasteiger partial charge is 0.315 e. The number of nitrogens with one attached hydrogen (secondary N) is 3. The van der Waals surface area contributed by atoms with Crippen LogP contribution in [-0.2, 0) is 9.59 Å². The number of carbonyl (C=O) groups excluding carboxylic acids is 3. The van der Waals surface area contributed by atoms with Crippen LogP contribution in [0.25, 0.3) is 10.8 Å². The van der Waals surface area contributed by atoms with E-state index in [2.05, 4.69) is 20.9 Å². The monoisotopic (exact) mass is 501 g/mol. The fourth-order valence-corrected chi connectivity index (χ4v) is 3.51. The molecule has 198 valence electrons. The van der Waals surface area contributed by atoms with Crippen molar-refractivity contribution in [3.63, 3.8) is 0 Å². The van der Waals surface area contributed by atoms with E-state index in [1.54, 1.807) is 19.4 Å². The second kappa shape index (κ2) is 11.9. The predicted molar refractivity (Wildman–Crippen MR) is 139 cm³/mol. The summed E-state index contributed by atoms with van der Waals surface area (Å²) < 4.78 is 11.4. The van der Waals surface area contributed by atoms with Gasteiger partial charge in [-0.05, 0) is 62.3 Å². The minimum Gasteiger partial charge on any atom is -0.497 e. The van der Waals surface area contributed by atoms with Crippen LogP contribution in [0.1, 0.15) is 54.4 Å². The molecule has 2 rings (SSSR count). The van der Waals surface area contributed by atoms with Crippen molar-refractivity contribution in [3.05, 3.63) is 30.5 Å². The molecule has 10 nitrogen and oxygen atoms in total. The molecule has 0 saturated heterocycles. The number of hydrogen-bond acceptors (Lipinski definition) is 6. The highest BCUT2D eigenvalue weighted by atomic mass is 16.5. The lowest BCUT2D eigenvalue weighted by Crippen LogP contribution is -2.58. The van der Waals surface area contributed by atoms with Crippen LogP contribution in [0.2, 0.25) is 0 Å². The maximum Gasteiger partial charge on any atom is 0.315 e. The predicted octanol–water partition coefficient (Wildman–Crippen LogP) is 2.88. The fourth-order valence-electron chi connectivity index (χ4n) is 3.51. The third-order valence-electron chi connectivity index (χ3n) is 5.32. The van der Waals surface area contributed by atoms with Crippen LogP contribution in [0.4, 0.5) is 4.79 Å². The molecule has 0 fully saturated rings. The first kappa shape index (κ1) is 28.7. The van der Waals surface area contributed by atoms with Crippen LogP contribution >= 0.6 is 0 Å². The van der Waals surface area contributed by atoms with Crippen molar-refractivity contribution >= 4 is 28.6 Å². The highest BCUT2D eigenvalue weighted by Gasteiger charge is 2.34. The number of benzene rings is 1. The van der Waals surface area contributed by atoms with Gasteiger partial charge in [-0.25, -0.2) is 9.78 Å². The van der Waals surface area contributed by atoms with E-state index in [-0.39, 0.29) is 25.3 Å². The molecule has 0 aliphatic rings. The largest absolute Gasteiger partial charge is 0.497 e. The van der Waals surface area contributed by atoms with Gasteiger partial charge in [0.25, 0.3) is 0 Å². The molecule has 0 aliphatic heterocycles. The number of nitrogens with two attached hydrogens (primary N) is 1. The summed E-state index contributed by atoms with van der Waals surface area (Å²) in [7, 11) is 1.59. The Morgan fingerprint density at radius 2 is 1.78 bits per heavy atom. The molecular formula is C26H39N5O5. The van der Waals surface area contributed by atoms with Gasteiger partial charge in [-0.3, -0.25) is 9.59 Å². The van der Waals surface area contributed by atoms with E-state index in [1.807, 2.05) is 59.7 Å². The number of nitrogens with zero attached hydrogens (tertiary/aromatic N) is 1. The number of primary amides is 1. The summed E-state index contributed by atoms with van der Waals surface area (Å²) in [6, 6.07) is 6.11.